The third-order valence-corrected chi connectivity index (χ3v) is 7.60. The van der Waals surface area contributed by atoms with Crippen LogP contribution in [0.5, 0.6) is 11.8 Å². The minimum atomic E-state index is -0.451. The van der Waals surface area contributed by atoms with Crippen molar-refractivity contribution in [1.29, 1.82) is 0 Å². The van der Waals surface area contributed by atoms with Crippen molar-refractivity contribution in [3.05, 3.63) is 53.1 Å². The highest BCUT2D eigenvalue weighted by Crippen LogP contribution is 2.72. The summed E-state index contributed by atoms with van der Waals surface area (Å²) in [6, 6.07) is 6.98. The lowest BCUT2D eigenvalue weighted by molar-refractivity contribution is 0.0526. The summed E-state index contributed by atoms with van der Waals surface area (Å²) in [4.78, 5) is 12.4. The Kier molecular flexibility index (Phi) is 3.16. The smallest absolute Gasteiger partial charge is 0.340 e. The van der Waals surface area contributed by atoms with E-state index in [1.807, 2.05) is 0 Å². The van der Waals surface area contributed by atoms with E-state index in [9.17, 15) is 15.0 Å². The first kappa shape index (κ1) is 16.3. The van der Waals surface area contributed by atoms with E-state index in [0.717, 1.165) is 17.5 Å². The minimum absolute atomic E-state index is 0.0851. The molecule has 2 aromatic rings. The molecule has 0 aliphatic heterocycles. The van der Waals surface area contributed by atoms with Crippen LogP contribution in [0.3, 0.4) is 0 Å². The lowest BCUT2D eigenvalue weighted by Gasteiger charge is -2.31. The lowest BCUT2D eigenvalue weighted by atomic mass is 9.72. The number of allylic oxidation sites excluding steroid dienone is 2. The number of aromatic hydroxyl groups is 2. The Balaban J connectivity index is 1.51. The molecule has 0 saturated heterocycles. The number of ether oxygens (including phenoxy) is 1. The average molecular weight is 377 g/mol. The first-order valence-corrected chi connectivity index (χ1v) is 10.2. The normalized spacial score (nSPS) is 33.3. The molecule has 0 spiro atoms. The van der Waals surface area contributed by atoms with Crippen molar-refractivity contribution in [3.8, 4) is 17.4 Å². The van der Waals surface area contributed by atoms with Crippen LogP contribution in [0.4, 0.5) is 0 Å². The fourth-order valence-electron chi connectivity index (χ4n) is 6.83. The predicted molar refractivity (Wildman–Crippen MR) is 103 cm³/mol. The first-order chi connectivity index (χ1) is 13.6. The van der Waals surface area contributed by atoms with Crippen LogP contribution in [-0.4, -0.2) is 27.4 Å². The van der Waals surface area contributed by atoms with E-state index in [-0.39, 0.29) is 18.4 Å². The van der Waals surface area contributed by atoms with E-state index in [4.69, 9.17) is 4.74 Å². The molecule has 2 N–H and O–H groups in total. The Morgan fingerprint density at radius 1 is 1.04 bits per heavy atom. The van der Waals surface area contributed by atoms with E-state index in [1.165, 1.54) is 11.0 Å². The van der Waals surface area contributed by atoms with Gasteiger partial charge in [-0.2, -0.15) is 0 Å². The van der Waals surface area contributed by atoms with Crippen molar-refractivity contribution >= 4 is 5.97 Å². The van der Waals surface area contributed by atoms with Gasteiger partial charge in [-0.05, 0) is 67.4 Å². The molecule has 6 unspecified atom stereocenters. The van der Waals surface area contributed by atoms with Gasteiger partial charge in [0.25, 0.3) is 0 Å². The quantitative estimate of drug-likeness (QED) is 0.480. The summed E-state index contributed by atoms with van der Waals surface area (Å²) < 4.78 is 6.63. The molecule has 1 aromatic heterocycles. The molecule has 6 atom stereocenters. The van der Waals surface area contributed by atoms with Crippen LogP contribution in [0.1, 0.15) is 53.1 Å². The van der Waals surface area contributed by atoms with Crippen molar-refractivity contribution in [2.45, 2.75) is 31.6 Å². The molecule has 5 heteroatoms. The average Bonchev–Trinajstić information content (AvgIpc) is 3.48. The zero-order chi connectivity index (χ0) is 19.2. The highest BCUT2D eigenvalue weighted by Gasteiger charge is 2.62. The summed E-state index contributed by atoms with van der Waals surface area (Å²) in [6.07, 6.45) is 6.96. The fourth-order valence-corrected chi connectivity index (χ4v) is 6.83. The Morgan fingerprint density at radius 2 is 1.64 bits per heavy atom. The Hall–Kier alpha value is -2.69. The van der Waals surface area contributed by atoms with Gasteiger partial charge in [0, 0.05) is 11.1 Å². The summed E-state index contributed by atoms with van der Waals surface area (Å²) in [7, 11) is 0. The number of para-hydroxylation sites is 1. The predicted octanol–water partition coefficient (Wildman–Crippen LogP) is 4.09. The molecule has 2 fully saturated rings. The van der Waals surface area contributed by atoms with Crippen molar-refractivity contribution in [2.75, 3.05) is 6.61 Å². The Labute approximate surface area is 163 Å². The van der Waals surface area contributed by atoms with Gasteiger partial charge in [-0.1, -0.05) is 24.3 Å². The maximum atomic E-state index is 12.4. The van der Waals surface area contributed by atoms with Crippen molar-refractivity contribution in [1.82, 2.24) is 4.57 Å². The number of fused-ring (bicyclic) bond motifs is 12. The molecule has 28 heavy (non-hydrogen) atoms. The van der Waals surface area contributed by atoms with Crippen LogP contribution in [0.2, 0.25) is 0 Å². The monoisotopic (exact) mass is 377 g/mol. The zero-order valence-electron chi connectivity index (χ0n) is 15.7. The Morgan fingerprint density at radius 3 is 2.25 bits per heavy atom. The molecule has 4 aliphatic rings. The SMILES string of the molecule is CCOC(=O)c1ccccc1-n1c(O)c2c(c1O)C1CC2C2C3C=CC(C3)C12. The van der Waals surface area contributed by atoms with Crippen LogP contribution in [0.15, 0.2) is 36.4 Å². The van der Waals surface area contributed by atoms with E-state index in [0.29, 0.717) is 46.8 Å². The molecule has 1 aromatic carbocycles. The number of benzene rings is 1. The molecule has 6 rings (SSSR count). The number of carbonyl (C=O) groups is 1. The van der Waals surface area contributed by atoms with Gasteiger partial charge in [0.1, 0.15) is 0 Å². The Bertz CT molecular complexity index is 988. The minimum Gasteiger partial charge on any atom is -0.494 e. The summed E-state index contributed by atoms with van der Waals surface area (Å²) in [5, 5.41) is 22.3. The standard InChI is InChI=1S/C23H23NO4/c1-2-28-23(27)13-5-3-4-6-16(13)24-21(25)19-14-10-15(20(19)22(24)26)18-12-8-7-11(9-12)17(14)18/h3-8,11-12,14-15,17-18,25-26H,2,9-10H2,1H3. The third-order valence-electron chi connectivity index (χ3n) is 7.60. The van der Waals surface area contributed by atoms with E-state index in [2.05, 4.69) is 12.2 Å². The molecule has 0 radical (unpaired) electrons. The van der Waals surface area contributed by atoms with Gasteiger partial charge in [0.05, 0.1) is 17.9 Å². The van der Waals surface area contributed by atoms with Gasteiger partial charge in [0.2, 0.25) is 11.8 Å². The molecule has 2 saturated carbocycles. The summed E-state index contributed by atoms with van der Waals surface area (Å²) >= 11 is 0. The topological polar surface area (TPSA) is 71.7 Å². The number of hydrogen-bond acceptors (Lipinski definition) is 4. The van der Waals surface area contributed by atoms with E-state index >= 15 is 0 Å². The largest absolute Gasteiger partial charge is 0.494 e. The molecular formula is C23H23NO4. The molecular weight excluding hydrogens is 354 g/mol. The van der Waals surface area contributed by atoms with Crippen molar-refractivity contribution in [2.24, 2.45) is 23.7 Å². The van der Waals surface area contributed by atoms with Gasteiger partial charge < -0.3 is 14.9 Å². The van der Waals surface area contributed by atoms with Crippen LogP contribution < -0.4 is 0 Å². The number of aromatic nitrogens is 1. The number of esters is 1. The maximum absolute atomic E-state index is 12.4. The molecule has 144 valence electrons. The second-order valence-electron chi connectivity index (χ2n) is 8.60. The maximum Gasteiger partial charge on any atom is 0.340 e. The second kappa shape index (κ2) is 5.43. The molecule has 1 heterocycles. The molecule has 4 bridgehead atoms. The van der Waals surface area contributed by atoms with Gasteiger partial charge >= 0.3 is 5.97 Å². The number of rotatable bonds is 3. The second-order valence-corrected chi connectivity index (χ2v) is 8.60. The van der Waals surface area contributed by atoms with Gasteiger partial charge in [-0.15, -0.1) is 0 Å². The number of carbonyl (C=O) groups excluding carboxylic acids is 1. The van der Waals surface area contributed by atoms with Crippen LogP contribution >= 0.6 is 0 Å². The molecule has 5 nitrogen and oxygen atoms in total. The summed E-state index contributed by atoms with van der Waals surface area (Å²) in [5.41, 5.74) is 2.63. The fraction of sp³-hybridized carbons (Fsp3) is 0.435. The van der Waals surface area contributed by atoms with Gasteiger partial charge in [-0.3, -0.25) is 4.57 Å². The molecule has 0 amide bonds. The van der Waals surface area contributed by atoms with Crippen molar-refractivity contribution in [3.63, 3.8) is 0 Å². The lowest BCUT2D eigenvalue weighted by Crippen LogP contribution is -2.24. The van der Waals surface area contributed by atoms with Crippen LogP contribution in [-0.2, 0) is 4.74 Å². The van der Waals surface area contributed by atoms with Crippen LogP contribution in [0, 0.1) is 23.7 Å². The van der Waals surface area contributed by atoms with E-state index in [1.54, 1.807) is 31.2 Å². The highest BCUT2D eigenvalue weighted by molar-refractivity contribution is 5.94. The highest BCUT2D eigenvalue weighted by atomic mass is 16.5. The van der Waals surface area contributed by atoms with Crippen molar-refractivity contribution < 1.29 is 19.7 Å². The summed E-state index contributed by atoms with van der Waals surface area (Å²) in [6.45, 7) is 2.04. The first-order valence-electron chi connectivity index (χ1n) is 10.2. The van der Waals surface area contributed by atoms with Gasteiger partial charge in [0.15, 0.2) is 0 Å². The zero-order valence-corrected chi connectivity index (χ0v) is 15.7. The third kappa shape index (κ3) is 1.80. The van der Waals surface area contributed by atoms with Gasteiger partial charge in [-0.25, -0.2) is 4.79 Å². The van der Waals surface area contributed by atoms with Crippen LogP contribution in [0.25, 0.3) is 5.69 Å². The number of nitrogens with zero attached hydrogens (tertiary/aromatic N) is 1. The number of hydrogen-bond donors (Lipinski definition) is 2. The summed E-state index contributed by atoms with van der Waals surface area (Å²) in [5.74, 6) is 2.68. The van der Waals surface area contributed by atoms with E-state index < -0.39 is 5.97 Å². The molecule has 4 aliphatic carbocycles.